The third-order valence-corrected chi connectivity index (χ3v) is 5.40. The zero-order valence-corrected chi connectivity index (χ0v) is 15.7. The number of unbranched alkanes of at least 4 members (excludes halogenated alkanes) is 1. The topological polar surface area (TPSA) is 66.9 Å². The standard InChI is InChI=1S/C15H18ClFN4OS2/c1-3-4-7-18-14-20-21-15(24-14)23-9(2)13(22)19-10-5-6-12(17)11(16)8-10/h5-6,8-9H,3-4,7H2,1-2H3,(H,18,20)(H,19,22)/t9-/m0/s1. The Morgan fingerprint density at radius 1 is 1.46 bits per heavy atom. The van der Waals surface area contributed by atoms with Gasteiger partial charge < -0.3 is 10.6 Å². The van der Waals surface area contributed by atoms with Gasteiger partial charge in [-0.1, -0.05) is 48.0 Å². The lowest BCUT2D eigenvalue weighted by atomic mass is 10.3. The van der Waals surface area contributed by atoms with E-state index in [1.54, 1.807) is 6.92 Å². The summed E-state index contributed by atoms with van der Waals surface area (Å²) in [6.45, 7) is 4.76. The number of nitrogens with zero attached hydrogens (tertiary/aromatic N) is 2. The van der Waals surface area contributed by atoms with Crippen molar-refractivity contribution in [3.63, 3.8) is 0 Å². The molecular formula is C15H18ClFN4OS2. The number of anilines is 2. The van der Waals surface area contributed by atoms with Crippen molar-refractivity contribution >= 4 is 51.4 Å². The smallest absolute Gasteiger partial charge is 0.237 e. The van der Waals surface area contributed by atoms with E-state index in [0.29, 0.717) is 10.0 Å². The number of nitrogens with one attached hydrogen (secondary N) is 2. The van der Waals surface area contributed by atoms with E-state index in [9.17, 15) is 9.18 Å². The van der Waals surface area contributed by atoms with Crippen molar-refractivity contribution in [2.24, 2.45) is 0 Å². The number of halogens is 2. The molecule has 0 radical (unpaired) electrons. The van der Waals surface area contributed by atoms with Gasteiger partial charge in [0.1, 0.15) is 5.82 Å². The summed E-state index contributed by atoms with van der Waals surface area (Å²) in [5.74, 6) is -0.729. The molecule has 1 atom stereocenters. The first kappa shape index (κ1) is 19.0. The summed E-state index contributed by atoms with van der Waals surface area (Å²) in [6.07, 6.45) is 2.18. The summed E-state index contributed by atoms with van der Waals surface area (Å²) in [5.41, 5.74) is 0.457. The molecule has 0 aliphatic carbocycles. The molecule has 2 rings (SSSR count). The number of aromatic nitrogens is 2. The third-order valence-electron chi connectivity index (χ3n) is 3.05. The third kappa shape index (κ3) is 5.61. The molecule has 0 aliphatic rings. The van der Waals surface area contributed by atoms with Gasteiger partial charge in [-0.05, 0) is 31.5 Å². The molecule has 1 aromatic heterocycles. The number of carbonyl (C=O) groups is 1. The van der Waals surface area contributed by atoms with Gasteiger partial charge in [-0.3, -0.25) is 4.79 Å². The summed E-state index contributed by atoms with van der Waals surface area (Å²) in [4.78, 5) is 12.2. The predicted octanol–water partition coefficient (Wildman–Crippen LogP) is 4.66. The number of rotatable bonds is 8. The fourth-order valence-corrected chi connectivity index (χ4v) is 3.83. The molecule has 1 heterocycles. The molecule has 130 valence electrons. The summed E-state index contributed by atoms with van der Waals surface area (Å²) in [5, 5.41) is 14.4. The van der Waals surface area contributed by atoms with Gasteiger partial charge in [-0.2, -0.15) is 0 Å². The second-order valence-corrected chi connectivity index (χ2v) is 8.00. The first-order valence-corrected chi connectivity index (χ1v) is 9.57. The Morgan fingerprint density at radius 3 is 2.96 bits per heavy atom. The number of hydrogen-bond acceptors (Lipinski definition) is 6. The lowest BCUT2D eigenvalue weighted by Crippen LogP contribution is -2.22. The van der Waals surface area contributed by atoms with Crippen LogP contribution in [0.15, 0.2) is 22.5 Å². The molecular weight excluding hydrogens is 371 g/mol. The lowest BCUT2D eigenvalue weighted by molar-refractivity contribution is -0.115. The van der Waals surface area contributed by atoms with Crippen molar-refractivity contribution in [3.05, 3.63) is 29.0 Å². The van der Waals surface area contributed by atoms with Gasteiger partial charge in [0.25, 0.3) is 0 Å². The summed E-state index contributed by atoms with van der Waals surface area (Å²) < 4.78 is 13.8. The Labute approximate surface area is 153 Å². The molecule has 2 aromatic rings. The van der Waals surface area contributed by atoms with Crippen LogP contribution in [-0.4, -0.2) is 27.9 Å². The predicted molar refractivity (Wildman–Crippen MR) is 98.7 cm³/mol. The van der Waals surface area contributed by atoms with Gasteiger partial charge in [-0.25, -0.2) is 4.39 Å². The summed E-state index contributed by atoms with van der Waals surface area (Å²) in [6, 6.07) is 4.07. The van der Waals surface area contributed by atoms with Crippen molar-refractivity contribution in [3.8, 4) is 0 Å². The van der Waals surface area contributed by atoms with Crippen molar-refractivity contribution in [1.29, 1.82) is 0 Å². The van der Waals surface area contributed by atoms with Gasteiger partial charge >= 0.3 is 0 Å². The second kappa shape index (κ2) is 9.19. The average molecular weight is 389 g/mol. The number of hydrogen-bond donors (Lipinski definition) is 2. The highest BCUT2D eigenvalue weighted by atomic mass is 35.5. The zero-order valence-electron chi connectivity index (χ0n) is 13.3. The molecule has 9 heteroatoms. The van der Waals surface area contributed by atoms with Gasteiger partial charge in [0.15, 0.2) is 4.34 Å². The van der Waals surface area contributed by atoms with Crippen molar-refractivity contribution < 1.29 is 9.18 Å². The number of carbonyl (C=O) groups excluding carboxylic acids is 1. The lowest BCUT2D eigenvalue weighted by Gasteiger charge is -2.10. The van der Waals surface area contributed by atoms with Crippen LogP contribution in [-0.2, 0) is 4.79 Å². The first-order chi connectivity index (χ1) is 11.5. The molecule has 24 heavy (non-hydrogen) atoms. The quantitative estimate of drug-likeness (QED) is 0.508. The van der Waals surface area contributed by atoms with E-state index in [1.165, 1.54) is 41.3 Å². The normalized spacial score (nSPS) is 12.0. The minimum atomic E-state index is -0.519. The van der Waals surface area contributed by atoms with E-state index < -0.39 is 5.82 Å². The molecule has 0 unspecified atom stereocenters. The summed E-state index contributed by atoms with van der Waals surface area (Å²) >= 11 is 8.45. The molecule has 0 fully saturated rings. The van der Waals surface area contributed by atoms with Crippen LogP contribution >= 0.6 is 34.7 Å². The highest BCUT2D eigenvalue weighted by molar-refractivity contribution is 8.02. The number of amides is 1. The Balaban J connectivity index is 1.88. The number of benzene rings is 1. The van der Waals surface area contributed by atoms with Crippen molar-refractivity contribution in [1.82, 2.24) is 10.2 Å². The van der Waals surface area contributed by atoms with Gasteiger partial charge in [0.05, 0.1) is 10.3 Å². The van der Waals surface area contributed by atoms with Gasteiger partial charge in [0, 0.05) is 12.2 Å². The first-order valence-electron chi connectivity index (χ1n) is 7.49. The minimum Gasteiger partial charge on any atom is -0.360 e. The zero-order chi connectivity index (χ0) is 17.5. The fraction of sp³-hybridized carbons (Fsp3) is 0.400. The molecule has 2 N–H and O–H groups in total. The Kier molecular flexibility index (Phi) is 7.26. The molecule has 0 spiro atoms. The second-order valence-electron chi connectivity index (χ2n) is 5.03. The van der Waals surface area contributed by atoms with Crippen LogP contribution in [0.1, 0.15) is 26.7 Å². The van der Waals surface area contributed by atoms with Crippen molar-refractivity contribution in [2.45, 2.75) is 36.3 Å². The maximum Gasteiger partial charge on any atom is 0.237 e. The molecule has 1 aromatic carbocycles. The van der Waals surface area contributed by atoms with E-state index in [2.05, 4.69) is 27.8 Å². The van der Waals surface area contributed by atoms with Crippen LogP contribution in [0.25, 0.3) is 0 Å². The molecule has 0 aliphatic heterocycles. The minimum absolute atomic E-state index is 0.0278. The van der Waals surface area contributed by atoms with Crippen LogP contribution in [0.2, 0.25) is 5.02 Å². The average Bonchev–Trinajstić information content (AvgIpc) is 2.98. The Hall–Kier alpha value is -1.38. The Morgan fingerprint density at radius 2 is 2.25 bits per heavy atom. The molecule has 0 bridgehead atoms. The fourth-order valence-electron chi connectivity index (χ4n) is 1.72. The Bertz CT molecular complexity index is 698. The van der Waals surface area contributed by atoms with Crippen molar-refractivity contribution in [2.75, 3.05) is 17.2 Å². The van der Waals surface area contributed by atoms with Crippen LogP contribution < -0.4 is 10.6 Å². The van der Waals surface area contributed by atoms with E-state index in [-0.39, 0.29) is 16.2 Å². The molecule has 1 amide bonds. The number of thioether (sulfide) groups is 1. The van der Waals surface area contributed by atoms with Gasteiger partial charge in [0.2, 0.25) is 11.0 Å². The van der Waals surface area contributed by atoms with Crippen LogP contribution in [0.3, 0.4) is 0 Å². The van der Waals surface area contributed by atoms with Crippen LogP contribution in [0.5, 0.6) is 0 Å². The van der Waals surface area contributed by atoms with Gasteiger partial charge in [-0.15, -0.1) is 10.2 Å². The molecule has 0 saturated heterocycles. The van der Waals surface area contributed by atoms with E-state index in [1.807, 2.05) is 0 Å². The highest BCUT2D eigenvalue weighted by Gasteiger charge is 2.17. The van der Waals surface area contributed by atoms with Crippen LogP contribution in [0, 0.1) is 5.82 Å². The highest BCUT2D eigenvalue weighted by Crippen LogP contribution is 2.29. The maximum absolute atomic E-state index is 13.1. The maximum atomic E-state index is 13.1. The largest absolute Gasteiger partial charge is 0.360 e. The van der Waals surface area contributed by atoms with Crippen LogP contribution in [0.4, 0.5) is 15.2 Å². The van der Waals surface area contributed by atoms with E-state index in [4.69, 9.17) is 11.6 Å². The molecule has 0 saturated carbocycles. The summed E-state index contributed by atoms with van der Waals surface area (Å²) in [7, 11) is 0. The van der Waals surface area contributed by atoms with E-state index in [0.717, 1.165) is 24.5 Å². The van der Waals surface area contributed by atoms with E-state index >= 15 is 0 Å². The molecule has 5 nitrogen and oxygen atoms in total. The SMILES string of the molecule is CCCCNc1nnc(S[C@@H](C)C(=O)Nc2ccc(F)c(Cl)c2)s1. The monoisotopic (exact) mass is 388 g/mol.